The van der Waals surface area contributed by atoms with E-state index < -0.39 is 0 Å². The fourth-order valence-electron chi connectivity index (χ4n) is 2.87. The Balaban J connectivity index is 2.46. The van der Waals surface area contributed by atoms with Gasteiger partial charge in [0.25, 0.3) is 5.56 Å². The molecule has 0 radical (unpaired) electrons. The quantitative estimate of drug-likeness (QED) is 0.612. The first-order valence-electron chi connectivity index (χ1n) is 7.49. The van der Waals surface area contributed by atoms with Crippen molar-refractivity contribution in [3.8, 4) is 0 Å². The van der Waals surface area contributed by atoms with Crippen molar-refractivity contribution < 1.29 is 4.79 Å². The van der Waals surface area contributed by atoms with Crippen LogP contribution in [0, 0.1) is 0 Å². The number of ketones is 1. The van der Waals surface area contributed by atoms with Crippen LogP contribution in [0.1, 0.15) is 54.7 Å². The second-order valence-electron chi connectivity index (χ2n) is 5.74. The summed E-state index contributed by atoms with van der Waals surface area (Å²) >= 11 is 0. The van der Waals surface area contributed by atoms with Crippen molar-refractivity contribution in [2.75, 3.05) is 13.6 Å². The van der Waals surface area contributed by atoms with E-state index in [1.807, 2.05) is 10.6 Å². The number of likely N-dealkylation sites (N-methyl/N-ethyl adjacent to an activating group) is 1. The summed E-state index contributed by atoms with van der Waals surface area (Å²) in [5.74, 6) is -0.129. The van der Waals surface area contributed by atoms with Crippen LogP contribution in [0.4, 0.5) is 0 Å². The average Bonchev–Trinajstić information content (AvgIpc) is 2.40. The second kappa shape index (κ2) is 6.35. The van der Waals surface area contributed by atoms with E-state index in [4.69, 9.17) is 0 Å². The van der Waals surface area contributed by atoms with Crippen molar-refractivity contribution in [2.45, 2.75) is 52.6 Å². The van der Waals surface area contributed by atoms with Crippen molar-refractivity contribution in [1.29, 1.82) is 0 Å². The number of nitrogens with zero attached hydrogens (tertiary/aromatic N) is 2. The Labute approximate surface area is 120 Å². The van der Waals surface area contributed by atoms with Gasteiger partial charge in [-0.3, -0.25) is 9.59 Å². The van der Waals surface area contributed by atoms with Crippen molar-refractivity contribution in [3.63, 3.8) is 0 Å². The van der Waals surface area contributed by atoms with Crippen LogP contribution in [0.3, 0.4) is 0 Å². The maximum absolute atomic E-state index is 12.5. The van der Waals surface area contributed by atoms with Crippen LogP contribution in [0.15, 0.2) is 10.9 Å². The van der Waals surface area contributed by atoms with Gasteiger partial charge in [-0.1, -0.05) is 19.8 Å². The number of hydrogen-bond acceptors (Lipinski definition) is 3. The summed E-state index contributed by atoms with van der Waals surface area (Å²) in [6.45, 7) is 6.16. The lowest BCUT2D eigenvalue weighted by atomic mass is 10.0. The fraction of sp³-hybridized carbons (Fsp3) is 0.625. The number of Topliss-reactive ketones (excluding diaryl/α,β-unsaturated/α-hetero) is 1. The van der Waals surface area contributed by atoms with E-state index in [1.54, 1.807) is 0 Å². The number of carbonyl (C=O) groups is 1. The van der Waals surface area contributed by atoms with Gasteiger partial charge in [-0.25, -0.2) is 0 Å². The molecule has 0 saturated heterocycles. The maximum Gasteiger partial charge on any atom is 0.261 e. The van der Waals surface area contributed by atoms with Crippen LogP contribution >= 0.6 is 0 Å². The lowest BCUT2D eigenvalue weighted by molar-refractivity contribution is 0.101. The number of aromatic nitrogens is 1. The molecule has 0 spiro atoms. The Hall–Kier alpha value is -1.42. The number of pyridine rings is 1. The smallest absolute Gasteiger partial charge is 0.261 e. The average molecular weight is 276 g/mol. The third-order valence-corrected chi connectivity index (χ3v) is 4.03. The molecule has 0 fully saturated rings. The van der Waals surface area contributed by atoms with Gasteiger partial charge in [-0.15, -0.1) is 0 Å². The van der Waals surface area contributed by atoms with E-state index in [0.717, 1.165) is 56.6 Å². The van der Waals surface area contributed by atoms with Crippen LogP contribution in [-0.2, 0) is 19.5 Å². The monoisotopic (exact) mass is 276 g/mol. The lowest BCUT2D eigenvalue weighted by Gasteiger charge is -2.28. The molecule has 0 atom stereocenters. The maximum atomic E-state index is 12.5. The van der Waals surface area contributed by atoms with Crippen molar-refractivity contribution >= 4 is 5.78 Å². The summed E-state index contributed by atoms with van der Waals surface area (Å²) in [4.78, 5) is 26.4. The molecule has 2 rings (SSSR count). The zero-order valence-electron chi connectivity index (χ0n) is 12.7. The highest BCUT2D eigenvalue weighted by molar-refractivity contribution is 5.93. The Bertz CT molecular complexity index is 560. The Kier molecular flexibility index (Phi) is 4.76. The molecule has 1 aliphatic heterocycles. The van der Waals surface area contributed by atoms with E-state index in [9.17, 15) is 9.59 Å². The van der Waals surface area contributed by atoms with Crippen molar-refractivity contribution in [1.82, 2.24) is 9.47 Å². The van der Waals surface area contributed by atoms with Gasteiger partial charge < -0.3 is 9.47 Å². The van der Waals surface area contributed by atoms with Gasteiger partial charge in [-0.05, 0) is 32.0 Å². The number of rotatable bonds is 5. The van der Waals surface area contributed by atoms with E-state index in [2.05, 4.69) is 18.9 Å². The normalized spacial score (nSPS) is 15.2. The minimum Gasteiger partial charge on any atom is -0.312 e. The summed E-state index contributed by atoms with van der Waals surface area (Å²) in [5.41, 5.74) is 2.52. The van der Waals surface area contributed by atoms with E-state index in [-0.39, 0.29) is 11.3 Å². The van der Waals surface area contributed by atoms with E-state index >= 15 is 0 Å². The molecule has 0 N–H and O–H groups in total. The molecule has 0 unspecified atom stereocenters. The van der Waals surface area contributed by atoms with Crippen LogP contribution in [0.2, 0.25) is 0 Å². The number of fused-ring (bicyclic) bond motifs is 1. The highest BCUT2D eigenvalue weighted by Crippen LogP contribution is 2.18. The molecule has 0 amide bonds. The van der Waals surface area contributed by atoms with Gasteiger partial charge in [0.2, 0.25) is 0 Å². The van der Waals surface area contributed by atoms with Gasteiger partial charge in [-0.2, -0.15) is 0 Å². The van der Waals surface area contributed by atoms with Crippen LogP contribution < -0.4 is 5.56 Å². The van der Waals surface area contributed by atoms with Gasteiger partial charge in [0.1, 0.15) is 0 Å². The zero-order valence-corrected chi connectivity index (χ0v) is 12.7. The van der Waals surface area contributed by atoms with Gasteiger partial charge in [0.15, 0.2) is 5.78 Å². The first-order valence-corrected chi connectivity index (χ1v) is 7.49. The van der Waals surface area contributed by atoms with Crippen molar-refractivity contribution in [3.05, 3.63) is 33.2 Å². The van der Waals surface area contributed by atoms with Crippen molar-refractivity contribution in [2.24, 2.45) is 0 Å². The van der Waals surface area contributed by atoms with E-state index in [0.29, 0.717) is 5.56 Å². The molecule has 4 nitrogen and oxygen atoms in total. The molecule has 2 heterocycles. The fourth-order valence-corrected chi connectivity index (χ4v) is 2.87. The molecule has 4 heteroatoms. The minimum absolute atomic E-state index is 0.100. The van der Waals surface area contributed by atoms with Crippen LogP contribution in [0.5, 0.6) is 0 Å². The molecular formula is C16H24N2O2. The molecule has 1 aromatic heterocycles. The third-order valence-electron chi connectivity index (χ3n) is 4.03. The molecule has 0 bridgehead atoms. The molecule has 0 aromatic carbocycles. The largest absolute Gasteiger partial charge is 0.312 e. The third kappa shape index (κ3) is 3.01. The number of carbonyl (C=O) groups excluding carboxylic acids is 1. The highest BCUT2D eigenvalue weighted by atomic mass is 16.1. The lowest BCUT2D eigenvalue weighted by Crippen LogP contribution is -2.36. The van der Waals surface area contributed by atoms with Gasteiger partial charge in [0, 0.05) is 31.7 Å². The predicted octanol–water partition coefficient (Wildman–Crippen LogP) is 2.23. The molecule has 1 aliphatic rings. The standard InChI is InChI=1S/C16H24N2O2/c1-4-5-6-8-18-15-7-9-17(3)11-13(15)10-14(12(2)19)16(18)20/h10H,4-9,11H2,1-3H3. The zero-order chi connectivity index (χ0) is 14.7. The Morgan fingerprint density at radius 2 is 2.10 bits per heavy atom. The predicted molar refractivity (Wildman–Crippen MR) is 80.3 cm³/mol. The molecule has 20 heavy (non-hydrogen) atoms. The molecule has 110 valence electrons. The van der Waals surface area contributed by atoms with Crippen LogP contribution in [0.25, 0.3) is 0 Å². The van der Waals surface area contributed by atoms with E-state index in [1.165, 1.54) is 6.92 Å². The summed E-state index contributed by atoms with van der Waals surface area (Å²) < 4.78 is 1.86. The molecular weight excluding hydrogens is 252 g/mol. The van der Waals surface area contributed by atoms with Crippen LogP contribution in [-0.4, -0.2) is 28.8 Å². The van der Waals surface area contributed by atoms with Gasteiger partial charge in [0.05, 0.1) is 5.56 Å². The first-order chi connectivity index (χ1) is 9.54. The Morgan fingerprint density at radius 1 is 1.35 bits per heavy atom. The first kappa shape index (κ1) is 15.0. The SMILES string of the molecule is CCCCCn1c2c(cc(C(C)=O)c1=O)CN(C)CC2. The topological polar surface area (TPSA) is 42.3 Å². The molecule has 0 aliphatic carbocycles. The molecule has 0 saturated carbocycles. The summed E-state index contributed by atoms with van der Waals surface area (Å²) in [5, 5.41) is 0. The summed E-state index contributed by atoms with van der Waals surface area (Å²) in [6.07, 6.45) is 4.14. The summed E-state index contributed by atoms with van der Waals surface area (Å²) in [6, 6.07) is 1.81. The number of hydrogen-bond donors (Lipinski definition) is 0. The minimum atomic E-state index is -0.129. The second-order valence-corrected chi connectivity index (χ2v) is 5.74. The summed E-state index contributed by atoms with van der Waals surface area (Å²) in [7, 11) is 2.07. The van der Waals surface area contributed by atoms with Gasteiger partial charge >= 0.3 is 0 Å². The molecule has 1 aromatic rings. The number of unbranched alkanes of at least 4 members (excludes halogenated alkanes) is 2. The Morgan fingerprint density at radius 3 is 2.75 bits per heavy atom. The highest BCUT2D eigenvalue weighted by Gasteiger charge is 2.21.